The fourth-order valence-electron chi connectivity index (χ4n) is 8.80. The van der Waals surface area contributed by atoms with Gasteiger partial charge in [-0.3, -0.25) is 0 Å². The second-order valence-electron chi connectivity index (χ2n) is 11.0. The summed E-state index contributed by atoms with van der Waals surface area (Å²) in [4.78, 5) is 0. The Balaban J connectivity index is 1.62. The molecule has 0 heterocycles. The highest BCUT2D eigenvalue weighted by molar-refractivity contribution is 5.09. The van der Waals surface area contributed by atoms with Crippen molar-refractivity contribution in [3.63, 3.8) is 0 Å². The first-order valence-electron chi connectivity index (χ1n) is 10.9. The molecule has 4 saturated carbocycles. The third kappa shape index (κ3) is 2.29. The largest absolute Gasteiger partial charge is 0.0625 e. The molecule has 0 spiro atoms. The van der Waals surface area contributed by atoms with Crippen LogP contribution in [0.4, 0.5) is 0 Å². The smallest absolute Gasteiger partial charge is 0.0264 e. The maximum atomic E-state index is 2.72. The molecule has 4 aliphatic carbocycles. The Morgan fingerprint density at radius 2 is 1.48 bits per heavy atom. The minimum Gasteiger partial charge on any atom is -0.0625 e. The molecule has 0 aromatic carbocycles. The molecule has 0 aromatic rings. The molecule has 0 bridgehead atoms. The second kappa shape index (κ2) is 5.50. The van der Waals surface area contributed by atoms with Crippen LogP contribution < -0.4 is 0 Å². The molecule has 0 radical (unpaired) electrons. The van der Waals surface area contributed by atoms with E-state index in [2.05, 4.69) is 34.6 Å². The maximum Gasteiger partial charge on any atom is -0.0264 e. The highest BCUT2D eigenvalue weighted by Gasteiger charge is 2.60. The zero-order valence-corrected chi connectivity index (χ0v) is 16.4. The van der Waals surface area contributed by atoms with Crippen LogP contribution in [0, 0.1) is 52.3 Å². The average Bonchev–Trinajstić information content (AvgIpc) is 2.83. The molecule has 0 aromatic heterocycles. The number of hydrogen-bond acceptors (Lipinski definition) is 0. The minimum absolute atomic E-state index is 0.679. The lowest BCUT2D eigenvalue weighted by Gasteiger charge is -2.61. The lowest BCUT2D eigenvalue weighted by Crippen LogP contribution is -2.53. The topological polar surface area (TPSA) is 0 Å². The van der Waals surface area contributed by atoms with E-state index in [9.17, 15) is 0 Å². The van der Waals surface area contributed by atoms with Crippen molar-refractivity contribution in [3.05, 3.63) is 0 Å². The van der Waals surface area contributed by atoms with Gasteiger partial charge in [-0.1, -0.05) is 41.0 Å². The molecule has 0 heteroatoms. The SMILES string of the molecule is CC1CC[C@@H]2CC[C@@H]3[C@H](CC[C@]4(C)[C@@H](C(C)C)CC[C@@H]34)[C@@]2(C)C1. The molecule has 4 fully saturated rings. The van der Waals surface area contributed by atoms with E-state index in [0.29, 0.717) is 10.8 Å². The summed E-state index contributed by atoms with van der Waals surface area (Å²) in [6, 6.07) is 0. The zero-order valence-electron chi connectivity index (χ0n) is 16.4. The van der Waals surface area contributed by atoms with Crippen molar-refractivity contribution in [1.29, 1.82) is 0 Å². The highest BCUT2D eigenvalue weighted by atomic mass is 14.6. The van der Waals surface area contributed by atoms with E-state index >= 15 is 0 Å². The summed E-state index contributed by atoms with van der Waals surface area (Å²) in [6.07, 6.45) is 13.9. The van der Waals surface area contributed by atoms with Gasteiger partial charge in [0, 0.05) is 0 Å². The Morgan fingerprint density at radius 1 is 0.783 bits per heavy atom. The average molecular weight is 317 g/mol. The van der Waals surface area contributed by atoms with Crippen LogP contribution in [-0.2, 0) is 0 Å². The van der Waals surface area contributed by atoms with Crippen LogP contribution in [0.25, 0.3) is 0 Å². The maximum absolute atomic E-state index is 2.72. The Labute approximate surface area is 145 Å². The Kier molecular flexibility index (Phi) is 3.94. The first-order chi connectivity index (χ1) is 10.9. The van der Waals surface area contributed by atoms with Crippen LogP contribution in [-0.4, -0.2) is 0 Å². The van der Waals surface area contributed by atoms with E-state index < -0.39 is 0 Å². The van der Waals surface area contributed by atoms with Crippen molar-refractivity contribution in [2.45, 2.75) is 92.4 Å². The third-order valence-electron chi connectivity index (χ3n) is 9.74. The monoisotopic (exact) mass is 316 g/mol. The normalized spacial score (nSPS) is 56.1. The predicted octanol–water partition coefficient (Wildman–Crippen LogP) is 6.94. The number of hydrogen-bond donors (Lipinski definition) is 0. The second-order valence-corrected chi connectivity index (χ2v) is 11.0. The van der Waals surface area contributed by atoms with Gasteiger partial charge in [0.2, 0.25) is 0 Å². The summed E-state index contributed by atoms with van der Waals surface area (Å²) in [5.74, 6) is 7.13. The standard InChI is InChI=1S/C23H40/c1-15(2)19-10-11-20-18-9-8-17-7-6-16(3)14-23(17,5)21(18)12-13-22(19,20)4/h15-21H,6-14H2,1-5H3/t16?,17-,18+,19-,20+,21+,22-,23+/m1/s1. The first kappa shape index (κ1) is 16.5. The molecule has 0 nitrogen and oxygen atoms in total. The van der Waals surface area contributed by atoms with E-state index in [1.165, 1.54) is 25.7 Å². The lowest BCUT2D eigenvalue weighted by atomic mass is 9.44. The summed E-state index contributed by atoms with van der Waals surface area (Å²) in [5, 5.41) is 0. The molecule has 132 valence electrons. The van der Waals surface area contributed by atoms with Crippen molar-refractivity contribution < 1.29 is 0 Å². The van der Waals surface area contributed by atoms with Gasteiger partial charge in [0.1, 0.15) is 0 Å². The van der Waals surface area contributed by atoms with Crippen LogP contribution >= 0.6 is 0 Å². The van der Waals surface area contributed by atoms with Crippen LogP contribution in [0.1, 0.15) is 92.4 Å². The Morgan fingerprint density at radius 3 is 2.22 bits per heavy atom. The Hall–Kier alpha value is 0. The predicted molar refractivity (Wildman–Crippen MR) is 99.2 cm³/mol. The van der Waals surface area contributed by atoms with E-state index in [4.69, 9.17) is 0 Å². The van der Waals surface area contributed by atoms with Gasteiger partial charge in [0.15, 0.2) is 0 Å². The Bertz CT molecular complexity index is 451. The van der Waals surface area contributed by atoms with Gasteiger partial charge in [-0.2, -0.15) is 0 Å². The van der Waals surface area contributed by atoms with Gasteiger partial charge in [-0.15, -0.1) is 0 Å². The lowest BCUT2D eigenvalue weighted by molar-refractivity contribution is -0.121. The zero-order chi connectivity index (χ0) is 16.4. The van der Waals surface area contributed by atoms with Gasteiger partial charge in [-0.05, 0) is 104 Å². The van der Waals surface area contributed by atoms with Gasteiger partial charge in [0.25, 0.3) is 0 Å². The number of rotatable bonds is 1. The van der Waals surface area contributed by atoms with Gasteiger partial charge in [0.05, 0.1) is 0 Å². The van der Waals surface area contributed by atoms with Crippen molar-refractivity contribution in [2.75, 3.05) is 0 Å². The van der Waals surface area contributed by atoms with E-state index in [-0.39, 0.29) is 0 Å². The molecule has 4 rings (SSSR count). The summed E-state index contributed by atoms with van der Waals surface area (Å²) in [5.41, 5.74) is 1.37. The molecule has 0 N–H and O–H groups in total. The molecule has 4 aliphatic rings. The highest BCUT2D eigenvalue weighted by Crippen LogP contribution is 2.68. The van der Waals surface area contributed by atoms with E-state index in [1.54, 1.807) is 32.1 Å². The van der Waals surface area contributed by atoms with Gasteiger partial charge < -0.3 is 0 Å². The summed E-state index contributed by atoms with van der Waals surface area (Å²) in [6.45, 7) is 12.9. The summed E-state index contributed by atoms with van der Waals surface area (Å²) < 4.78 is 0. The minimum atomic E-state index is 0.679. The third-order valence-corrected chi connectivity index (χ3v) is 9.74. The summed E-state index contributed by atoms with van der Waals surface area (Å²) in [7, 11) is 0. The summed E-state index contributed by atoms with van der Waals surface area (Å²) >= 11 is 0. The quantitative estimate of drug-likeness (QED) is 0.491. The van der Waals surface area contributed by atoms with Crippen molar-refractivity contribution in [3.8, 4) is 0 Å². The molecule has 23 heavy (non-hydrogen) atoms. The van der Waals surface area contributed by atoms with Gasteiger partial charge >= 0.3 is 0 Å². The molecule has 8 atom stereocenters. The molecule has 1 unspecified atom stereocenters. The molecule has 0 amide bonds. The first-order valence-corrected chi connectivity index (χ1v) is 10.9. The molecular formula is C23H40. The number of fused-ring (bicyclic) bond motifs is 5. The van der Waals surface area contributed by atoms with Crippen molar-refractivity contribution in [2.24, 2.45) is 52.3 Å². The van der Waals surface area contributed by atoms with Crippen molar-refractivity contribution in [1.82, 2.24) is 0 Å². The van der Waals surface area contributed by atoms with E-state index in [0.717, 1.165) is 41.4 Å². The molecular weight excluding hydrogens is 276 g/mol. The van der Waals surface area contributed by atoms with Crippen LogP contribution in [0.3, 0.4) is 0 Å². The van der Waals surface area contributed by atoms with E-state index in [1.807, 2.05) is 0 Å². The van der Waals surface area contributed by atoms with Crippen molar-refractivity contribution >= 4 is 0 Å². The molecule has 0 aliphatic heterocycles. The fraction of sp³-hybridized carbons (Fsp3) is 1.00. The van der Waals surface area contributed by atoms with Crippen LogP contribution in [0.15, 0.2) is 0 Å². The van der Waals surface area contributed by atoms with Crippen LogP contribution in [0.2, 0.25) is 0 Å². The fourth-order valence-corrected chi connectivity index (χ4v) is 8.80. The molecule has 0 saturated heterocycles. The van der Waals surface area contributed by atoms with Crippen LogP contribution in [0.5, 0.6) is 0 Å². The van der Waals surface area contributed by atoms with Gasteiger partial charge in [-0.25, -0.2) is 0 Å².